The highest BCUT2D eigenvalue weighted by molar-refractivity contribution is 5.33. The highest BCUT2D eigenvalue weighted by Crippen LogP contribution is 2.38. The summed E-state index contributed by atoms with van der Waals surface area (Å²) in [6, 6.07) is 10.1. The normalized spacial score (nSPS) is 21.9. The molecule has 0 amide bonds. The monoisotopic (exact) mass is 347 g/mol. The van der Waals surface area contributed by atoms with Crippen molar-refractivity contribution >= 4 is 0 Å². The lowest BCUT2D eigenvalue weighted by Crippen LogP contribution is -3.12. The summed E-state index contributed by atoms with van der Waals surface area (Å²) in [6.45, 7) is 3.35. The van der Waals surface area contributed by atoms with E-state index in [0.29, 0.717) is 0 Å². The van der Waals surface area contributed by atoms with Crippen molar-refractivity contribution in [3.8, 4) is 11.8 Å². The van der Waals surface area contributed by atoms with E-state index in [9.17, 15) is 5.11 Å². The van der Waals surface area contributed by atoms with Gasteiger partial charge in [-0.25, -0.2) is 0 Å². The Balaban J connectivity index is 0.00000208. The van der Waals surface area contributed by atoms with E-state index in [-0.39, 0.29) is 18.3 Å². The Hall–Kier alpha value is -1.01. The molecule has 1 aromatic rings. The van der Waals surface area contributed by atoms with Crippen molar-refractivity contribution in [3.05, 3.63) is 35.9 Å². The van der Waals surface area contributed by atoms with Gasteiger partial charge in [-0.3, -0.25) is 0 Å². The molecule has 1 unspecified atom stereocenters. The molecule has 2 aliphatic rings. The van der Waals surface area contributed by atoms with Gasteiger partial charge in [0.15, 0.2) is 5.60 Å². The summed E-state index contributed by atoms with van der Waals surface area (Å²) in [5.74, 6) is 6.95. The first kappa shape index (κ1) is 19.3. The van der Waals surface area contributed by atoms with Crippen LogP contribution >= 0.6 is 0 Å². The molecule has 1 aromatic carbocycles. The maximum absolute atomic E-state index is 11.5. The Morgan fingerprint density at radius 1 is 0.958 bits per heavy atom. The van der Waals surface area contributed by atoms with Crippen LogP contribution in [0.3, 0.4) is 0 Å². The minimum Gasteiger partial charge on any atom is -1.00 e. The maximum Gasteiger partial charge on any atom is 0.153 e. The number of piperidine rings is 1. The zero-order chi connectivity index (χ0) is 16.0. The van der Waals surface area contributed by atoms with Crippen LogP contribution in [0, 0.1) is 17.8 Å². The average molecular weight is 348 g/mol. The molecule has 1 atom stereocenters. The van der Waals surface area contributed by atoms with Crippen molar-refractivity contribution < 1.29 is 22.4 Å². The van der Waals surface area contributed by atoms with Crippen LogP contribution in [0.1, 0.15) is 56.9 Å². The fraction of sp³-hybridized carbons (Fsp3) is 0.619. The first-order valence-electron chi connectivity index (χ1n) is 9.40. The van der Waals surface area contributed by atoms with Gasteiger partial charge in [-0.05, 0) is 43.6 Å². The first-order chi connectivity index (χ1) is 11.3. The third-order valence-corrected chi connectivity index (χ3v) is 5.59. The van der Waals surface area contributed by atoms with Crippen molar-refractivity contribution in [1.29, 1.82) is 0 Å². The Morgan fingerprint density at radius 3 is 2.25 bits per heavy atom. The minimum atomic E-state index is -0.961. The molecule has 1 heterocycles. The van der Waals surface area contributed by atoms with E-state index in [1.54, 1.807) is 4.90 Å². The number of aliphatic hydroxyl groups is 1. The number of hydrogen-bond donors (Lipinski definition) is 2. The molecule has 3 heteroatoms. The minimum absolute atomic E-state index is 0. The van der Waals surface area contributed by atoms with Crippen molar-refractivity contribution in [2.45, 2.75) is 57.0 Å². The van der Waals surface area contributed by atoms with Crippen molar-refractivity contribution in [3.63, 3.8) is 0 Å². The number of halogens is 1. The number of quaternary nitrogens is 1. The summed E-state index contributed by atoms with van der Waals surface area (Å²) in [7, 11) is 0. The van der Waals surface area contributed by atoms with Crippen LogP contribution in [0.15, 0.2) is 30.3 Å². The highest BCUT2D eigenvalue weighted by atomic mass is 35.5. The molecule has 0 radical (unpaired) electrons. The second kappa shape index (κ2) is 9.47. The number of rotatable bonds is 3. The molecule has 0 aromatic heterocycles. The van der Waals surface area contributed by atoms with Crippen LogP contribution in [-0.2, 0) is 5.60 Å². The fourth-order valence-electron chi connectivity index (χ4n) is 4.16. The third kappa shape index (κ3) is 4.76. The zero-order valence-corrected chi connectivity index (χ0v) is 15.3. The molecule has 1 aliphatic heterocycles. The number of nitrogens with one attached hydrogen (secondary N) is 1. The molecular formula is C21H30ClNO. The van der Waals surface area contributed by atoms with Crippen LogP contribution in [0.2, 0.25) is 0 Å². The van der Waals surface area contributed by atoms with E-state index in [4.69, 9.17) is 0 Å². The fourth-order valence-corrected chi connectivity index (χ4v) is 4.16. The van der Waals surface area contributed by atoms with E-state index >= 15 is 0 Å². The summed E-state index contributed by atoms with van der Waals surface area (Å²) in [6.07, 6.45) is 9.94. The predicted molar refractivity (Wildman–Crippen MR) is 94.1 cm³/mol. The Morgan fingerprint density at radius 2 is 1.58 bits per heavy atom. The van der Waals surface area contributed by atoms with Crippen molar-refractivity contribution in [2.24, 2.45) is 5.92 Å². The van der Waals surface area contributed by atoms with E-state index in [0.717, 1.165) is 24.9 Å². The van der Waals surface area contributed by atoms with Crippen LogP contribution < -0.4 is 17.3 Å². The second-order valence-corrected chi connectivity index (χ2v) is 7.26. The number of benzene rings is 1. The molecule has 1 aliphatic carbocycles. The highest BCUT2D eigenvalue weighted by Gasteiger charge is 2.37. The maximum atomic E-state index is 11.5. The van der Waals surface area contributed by atoms with Gasteiger partial charge < -0.3 is 22.4 Å². The molecule has 0 bridgehead atoms. The lowest BCUT2D eigenvalue weighted by molar-refractivity contribution is -0.897. The van der Waals surface area contributed by atoms with E-state index in [1.807, 2.05) is 30.3 Å². The summed E-state index contributed by atoms with van der Waals surface area (Å²) in [4.78, 5) is 1.59. The second-order valence-electron chi connectivity index (χ2n) is 7.26. The van der Waals surface area contributed by atoms with Gasteiger partial charge in [0.25, 0.3) is 0 Å². The first-order valence-corrected chi connectivity index (χ1v) is 9.40. The Labute approximate surface area is 153 Å². The van der Waals surface area contributed by atoms with E-state index < -0.39 is 5.60 Å². The standard InChI is InChI=1S/C21H29NO.ClH/c23-21(19-11-4-1-5-12-19,20-13-6-2-7-14-20)15-10-18-22-16-8-3-9-17-22;/h1,4-5,11-12,20,23H,2-3,6-9,13-14,16-18H2;1H. The lowest BCUT2D eigenvalue weighted by Gasteiger charge is -2.35. The molecule has 2 nitrogen and oxygen atoms in total. The van der Waals surface area contributed by atoms with E-state index in [2.05, 4.69) is 11.8 Å². The zero-order valence-electron chi connectivity index (χ0n) is 14.6. The van der Waals surface area contributed by atoms with Gasteiger partial charge in [0, 0.05) is 5.92 Å². The summed E-state index contributed by atoms with van der Waals surface area (Å²) in [5.41, 5.74) is 0.0183. The summed E-state index contributed by atoms with van der Waals surface area (Å²) in [5, 5.41) is 11.5. The van der Waals surface area contributed by atoms with Gasteiger partial charge in [0.05, 0.1) is 13.1 Å². The molecular weight excluding hydrogens is 318 g/mol. The van der Waals surface area contributed by atoms with Gasteiger partial charge >= 0.3 is 0 Å². The smallest absolute Gasteiger partial charge is 0.153 e. The Bertz CT molecular complexity index is 538. The molecule has 2 fully saturated rings. The van der Waals surface area contributed by atoms with E-state index in [1.165, 1.54) is 51.6 Å². The summed E-state index contributed by atoms with van der Waals surface area (Å²) >= 11 is 0. The molecule has 2 N–H and O–H groups in total. The summed E-state index contributed by atoms with van der Waals surface area (Å²) < 4.78 is 0. The lowest BCUT2D eigenvalue weighted by atomic mass is 9.73. The third-order valence-electron chi connectivity index (χ3n) is 5.59. The van der Waals surface area contributed by atoms with Crippen molar-refractivity contribution in [2.75, 3.05) is 19.6 Å². The van der Waals surface area contributed by atoms with Gasteiger partial charge in [-0.1, -0.05) is 55.5 Å². The molecule has 132 valence electrons. The Kier molecular flexibility index (Phi) is 7.62. The molecule has 3 rings (SSSR count). The molecule has 1 saturated heterocycles. The van der Waals surface area contributed by atoms with Gasteiger partial charge in [0.2, 0.25) is 0 Å². The van der Waals surface area contributed by atoms with Crippen LogP contribution in [0.25, 0.3) is 0 Å². The molecule has 0 spiro atoms. The van der Waals surface area contributed by atoms with Crippen molar-refractivity contribution in [1.82, 2.24) is 0 Å². The van der Waals surface area contributed by atoms with Gasteiger partial charge in [0.1, 0.15) is 6.54 Å². The molecule has 24 heavy (non-hydrogen) atoms. The van der Waals surface area contributed by atoms with Crippen LogP contribution in [0.4, 0.5) is 0 Å². The predicted octanol–water partition coefficient (Wildman–Crippen LogP) is -0.469. The van der Waals surface area contributed by atoms with Crippen LogP contribution in [0.5, 0.6) is 0 Å². The average Bonchev–Trinajstić information content (AvgIpc) is 2.64. The number of hydrogen-bond acceptors (Lipinski definition) is 1. The topological polar surface area (TPSA) is 24.7 Å². The largest absolute Gasteiger partial charge is 1.00 e. The van der Waals surface area contributed by atoms with Crippen LogP contribution in [-0.4, -0.2) is 24.7 Å². The number of likely N-dealkylation sites (tertiary alicyclic amines) is 1. The van der Waals surface area contributed by atoms with Gasteiger partial charge in [-0.15, -0.1) is 0 Å². The quantitative estimate of drug-likeness (QED) is 0.710. The SMILES string of the molecule is OC(C#CC[NH+]1CCCCC1)(c1ccccc1)C1CCCCC1.[Cl-]. The molecule has 1 saturated carbocycles. The van der Waals surface area contributed by atoms with Gasteiger partial charge in [-0.2, -0.15) is 0 Å².